The van der Waals surface area contributed by atoms with Crippen LogP contribution in [0.25, 0.3) is 0 Å². The summed E-state index contributed by atoms with van der Waals surface area (Å²) < 4.78 is 10.4. The lowest BCUT2D eigenvalue weighted by molar-refractivity contribution is 0.414. The Morgan fingerprint density at radius 1 is 1.30 bits per heavy atom. The van der Waals surface area contributed by atoms with Crippen LogP contribution in [0.1, 0.15) is 24.3 Å². The van der Waals surface area contributed by atoms with E-state index in [0.29, 0.717) is 11.7 Å². The zero-order chi connectivity index (χ0) is 14.4. The van der Waals surface area contributed by atoms with Crippen LogP contribution in [0.2, 0.25) is 0 Å². The van der Waals surface area contributed by atoms with Gasteiger partial charge in [-0.25, -0.2) is 0 Å². The van der Waals surface area contributed by atoms with Crippen LogP contribution in [0.3, 0.4) is 0 Å². The summed E-state index contributed by atoms with van der Waals surface area (Å²) in [5, 5.41) is 6.95. The molecule has 0 aliphatic carbocycles. The normalized spacial score (nSPS) is 11.7. The first-order valence-electron chi connectivity index (χ1n) is 6.39. The SMILES string of the molecule is COc1ccc(CNC(=S)N[C@@H](C)c2ccco2)cc1. The van der Waals surface area contributed by atoms with Gasteiger partial charge in [-0.05, 0) is 49.0 Å². The molecule has 0 aliphatic heterocycles. The highest BCUT2D eigenvalue weighted by Crippen LogP contribution is 2.12. The Labute approximate surface area is 124 Å². The molecule has 2 rings (SSSR count). The van der Waals surface area contributed by atoms with Crippen molar-refractivity contribution >= 4 is 17.3 Å². The van der Waals surface area contributed by atoms with E-state index >= 15 is 0 Å². The third-order valence-electron chi connectivity index (χ3n) is 2.93. The Morgan fingerprint density at radius 3 is 2.65 bits per heavy atom. The van der Waals surface area contributed by atoms with Crippen molar-refractivity contribution in [1.82, 2.24) is 10.6 Å². The molecule has 2 N–H and O–H groups in total. The molecule has 4 nitrogen and oxygen atoms in total. The highest BCUT2D eigenvalue weighted by molar-refractivity contribution is 7.80. The maximum absolute atomic E-state index is 5.32. The number of hydrogen-bond donors (Lipinski definition) is 2. The summed E-state index contributed by atoms with van der Waals surface area (Å²) >= 11 is 5.26. The Hall–Kier alpha value is -2.01. The third-order valence-corrected chi connectivity index (χ3v) is 3.19. The number of benzene rings is 1. The van der Waals surface area contributed by atoms with Gasteiger partial charge in [0, 0.05) is 6.54 Å². The highest BCUT2D eigenvalue weighted by atomic mass is 32.1. The molecular formula is C15H18N2O2S. The number of rotatable bonds is 5. The van der Waals surface area contributed by atoms with Crippen LogP contribution in [0.4, 0.5) is 0 Å². The van der Waals surface area contributed by atoms with Crippen molar-refractivity contribution in [3.63, 3.8) is 0 Å². The van der Waals surface area contributed by atoms with Crippen LogP contribution in [0, 0.1) is 0 Å². The molecule has 0 spiro atoms. The molecule has 0 fully saturated rings. The summed E-state index contributed by atoms with van der Waals surface area (Å²) in [4.78, 5) is 0. The van der Waals surface area contributed by atoms with Crippen LogP contribution in [0.15, 0.2) is 47.1 Å². The smallest absolute Gasteiger partial charge is 0.167 e. The summed E-state index contributed by atoms with van der Waals surface area (Å²) in [5.41, 5.74) is 1.14. The maximum Gasteiger partial charge on any atom is 0.167 e. The van der Waals surface area contributed by atoms with Gasteiger partial charge in [-0.1, -0.05) is 12.1 Å². The second-order valence-electron chi connectivity index (χ2n) is 4.41. The minimum Gasteiger partial charge on any atom is -0.497 e. The molecule has 0 aliphatic rings. The van der Waals surface area contributed by atoms with Crippen LogP contribution in [-0.4, -0.2) is 12.2 Å². The minimum absolute atomic E-state index is 0.0425. The fourth-order valence-corrected chi connectivity index (χ4v) is 2.03. The summed E-state index contributed by atoms with van der Waals surface area (Å²) in [6, 6.07) is 11.7. The third kappa shape index (κ3) is 3.99. The topological polar surface area (TPSA) is 46.4 Å². The highest BCUT2D eigenvalue weighted by Gasteiger charge is 2.08. The lowest BCUT2D eigenvalue weighted by Crippen LogP contribution is -2.36. The predicted octanol–water partition coefficient (Wildman–Crippen LogP) is 3.01. The molecule has 1 aromatic heterocycles. The van der Waals surface area contributed by atoms with E-state index in [4.69, 9.17) is 21.4 Å². The van der Waals surface area contributed by atoms with Gasteiger partial charge in [0.2, 0.25) is 0 Å². The molecule has 0 radical (unpaired) electrons. The quantitative estimate of drug-likeness (QED) is 0.829. The Bertz CT molecular complexity index is 538. The van der Waals surface area contributed by atoms with E-state index in [2.05, 4.69) is 10.6 Å². The Balaban J connectivity index is 1.79. The van der Waals surface area contributed by atoms with Gasteiger partial charge in [-0.2, -0.15) is 0 Å². The van der Waals surface area contributed by atoms with E-state index < -0.39 is 0 Å². The average Bonchev–Trinajstić information content (AvgIpc) is 3.00. The van der Waals surface area contributed by atoms with Gasteiger partial charge in [0.25, 0.3) is 0 Å². The van der Waals surface area contributed by atoms with Crippen LogP contribution in [0.5, 0.6) is 5.75 Å². The van der Waals surface area contributed by atoms with Crippen LogP contribution < -0.4 is 15.4 Å². The van der Waals surface area contributed by atoms with Crippen molar-refractivity contribution in [3.8, 4) is 5.75 Å². The number of furan rings is 1. The molecule has 0 saturated carbocycles. The molecular weight excluding hydrogens is 272 g/mol. The minimum atomic E-state index is 0.0425. The van der Waals surface area contributed by atoms with Gasteiger partial charge >= 0.3 is 0 Å². The lowest BCUT2D eigenvalue weighted by Gasteiger charge is -2.15. The molecule has 5 heteroatoms. The first kappa shape index (κ1) is 14.4. The summed E-state index contributed by atoms with van der Waals surface area (Å²) in [7, 11) is 1.66. The molecule has 1 aromatic carbocycles. The first-order valence-corrected chi connectivity index (χ1v) is 6.80. The molecule has 0 amide bonds. The van der Waals surface area contributed by atoms with Crippen molar-refractivity contribution in [2.75, 3.05) is 7.11 Å². The van der Waals surface area contributed by atoms with Crippen LogP contribution in [-0.2, 0) is 6.54 Å². The van der Waals surface area contributed by atoms with Gasteiger partial charge in [0.1, 0.15) is 11.5 Å². The standard InChI is InChI=1S/C15H18N2O2S/c1-11(14-4-3-9-19-14)17-15(20)16-10-12-5-7-13(18-2)8-6-12/h3-9,11H,10H2,1-2H3,(H2,16,17,20)/t11-/m0/s1. The van der Waals surface area contributed by atoms with E-state index in [1.807, 2.05) is 43.3 Å². The summed E-state index contributed by atoms with van der Waals surface area (Å²) in [6.07, 6.45) is 1.65. The fraction of sp³-hybridized carbons (Fsp3) is 0.267. The predicted molar refractivity (Wildman–Crippen MR) is 82.7 cm³/mol. The van der Waals surface area contributed by atoms with Gasteiger partial charge < -0.3 is 19.8 Å². The fourth-order valence-electron chi connectivity index (χ4n) is 1.78. The van der Waals surface area contributed by atoms with Gasteiger partial charge in [0.05, 0.1) is 19.4 Å². The zero-order valence-electron chi connectivity index (χ0n) is 11.6. The first-order chi connectivity index (χ1) is 9.69. The lowest BCUT2D eigenvalue weighted by atomic mass is 10.2. The molecule has 2 aromatic rings. The molecule has 1 atom stereocenters. The number of ether oxygens (including phenoxy) is 1. The number of methoxy groups -OCH3 is 1. The molecule has 1 heterocycles. The van der Waals surface area contributed by atoms with E-state index in [0.717, 1.165) is 17.1 Å². The van der Waals surface area contributed by atoms with Crippen molar-refractivity contribution < 1.29 is 9.15 Å². The van der Waals surface area contributed by atoms with Crippen molar-refractivity contribution in [2.45, 2.75) is 19.5 Å². The Kier molecular flexibility index (Phi) is 5.01. The monoisotopic (exact) mass is 290 g/mol. The molecule has 106 valence electrons. The average molecular weight is 290 g/mol. The van der Waals surface area contributed by atoms with E-state index in [1.54, 1.807) is 13.4 Å². The van der Waals surface area contributed by atoms with Gasteiger partial charge in [-0.15, -0.1) is 0 Å². The molecule has 20 heavy (non-hydrogen) atoms. The van der Waals surface area contributed by atoms with Crippen molar-refractivity contribution in [2.24, 2.45) is 0 Å². The van der Waals surface area contributed by atoms with Crippen molar-refractivity contribution in [3.05, 3.63) is 54.0 Å². The van der Waals surface area contributed by atoms with E-state index in [1.165, 1.54) is 0 Å². The molecule has 0 saturated heterocycles. The van der Waals surface area contributed by atoms with Gasteiger partial charge in [-0.3, -0.25) is 0 Å². The zero-order valence-corrected chi connectivity index (χ0v) is 12.4. The number of hydrogen-bond acceptors (Lipinski definition) is 3. The largest absolute Gasteiger partial charge is 0.497 e. The number of nitrogens with one attached hydrogen (secondary N) is 2. The molecule has 0 unspecified atom stereocenters. The second-order valence-corrected chi connectivity index (χ2v) is 4.82. The van der Waals surface area contributed by atoms with Crippen molar-refractivity contribution in [1.29, 1.82) is 0 Å². The second kappa shape index (κ2) is 6.96. The Morgan fingerprint density at radius 2 is 2.05 bits per heavy atom. The van der Waals surface area contributed by atoms with Crippen LogP contribution >= 0.6 is 12.2 Å². The van der Waals surface area contributed by atoms with E-state index in [9.17, 15) is 0 Å². The summed E-state index contributed by atoms with van der Waals surface area (Å²) in [6.45, 7) is 2.67. The maximum atomic E-state index is 5.32. The molecule has 0 bridgehead atoms. The van der Waals surface area contributed by atoms with Gasteiger partial charge in [0.15, 0.2) is 5.11 Å². The van der Waals surface area contributed by atoms with E-state index in [-0.39, 0.29) is 6.04 Å². The summed E-state index contributed by atoms with van der Waals surface area (Å²) in [5.74, 6) is 1.71. The number of thiocarbonyl (C=S) groups is 1.